The van der Waals surface area contributed by atoms with Gasteiger partial charge in [-0.05, 0) is 11.6 Å². The Kier molecular flexibility index (Phi) is 3.83. The van der Waals surface area contributed by atoms with Crippen LogP contribution in [0.2, 0.25) is 5.15 Å². The molecule has 0 N–H and O–H groups in total. The molecule has 0 aliphatic carbocycles. The lowest BCUT2D eigenvalue weighted by atomic mass is 10.2. The Bertz CT molecular complexity index is 518. The average molecular weight is 286 g/mol. The highest BCUT2D eigenvalue weighted by atomic mass is 35.5. The highest BCUT2D eigenvalue weighted by molar-refractivity contribution is 8.04. The molecule has 1 aromatic heterocycles. The molecule has 0 saturated carbocycles. The minimum atomic E-state index is -0.561. The average Bonchev–Trinajstić information content (AvgIpc) is 2.64. The van der Waals surface area contributed by atoms with Crippen LogP contribution in [-0.2, 0) is 11.3 Å². The largest absolute Gasteiger partial charge is 0.296 e. The zero-order valence-electron chi connectivity index (χ0n) is 9.08. The number of nitrogens with zero attached hydrogens (tertiary/aromatic N) is 3. The van der Waals surface area contributed by atoms with Crippen LogP contribution in [0.25, 0.3) is 0 Å². The topological polar surface area (TPSA) is 76.3 Å². The first kappa shape index (κ1) is 12.8. The standard InChI is InChI=1S/C10H8ClN3O3S/c11-8-2-1-7(3-12-8)4-13-9(15)6-18-10(13)5-14(16)17/h1-3,5H,4,6H2. The Morgan fingerprint density at radius 3 is 3.00 bits per heavy atom. The summed E-state index contributed by atoms with van der Waals surface area (Å²) in [5.41, 5.74) is 0.768. The Labute approximate surface area is 112 Å². The van der Waals surface area contributed by atoms with E-state index in [1.165, 1.54) is 4.90 Å². The molecular formula is C10H8ClN3O3S. The minimum absolute atomic E-state index is 0.150. The number of aromatic nitrogens is 1. The molecule has 0 radical (unpaired) electrons. The third-order valence-electron chi connectivity index (χ3n) is 2.26. The van der Waals surface area contributed by atoms with E-state index in [1.54, 1.807) is 18.3 Å². The number of halogens is 1. The van der Waals surface area contributed by atoms with Crippen LogP contribution in [0.15, 0.2) is 29.6 Å². The van der Waals surface area contributed by atoms with Crippen LogP contribution in [-0.4, -0.2) is 26.5 Å². The molecule has 0 bridgehead atoms. The van der Waals surface area contributed by atoms with Crippen LogP contribution in [0, 0.1) is 10.1 Å². The summed E-state index contributed by atoms with van der Waals surface area (Å²) in [6, 6.07) is 3.34. The maximum Gasteiger partial charge on any atom is 0.264 e. The maximum atomic E-state index is 11.6. The van der Waals surface area contributed by atoms with Crippen molar-refractivity contribution in [2.45, 2.75) is 6.54 Å². The van der Waals surface area contributed by atoms with Gasteiger partial charge in [-0.2, -0.15) is 0 Å². The second-order valence-corrected chi connectivity index (χ2v) is 4.89. The molecule has 1 amide bonds. The number of pyridine rings is 1. The molecular weight excluding hydrogens is 278 g/mol. The first-order chi connectivity index (χ1) is 8.56. The van der Waals surface area contributed by atoms with Crippen molar-refractivity contribution in [2.75, 3.05) is 5.75 Å². The molecule has 0 atom stereocenters. The predicted octanol–water partition coefficient (Wildman–Crippen LogP) is 1.89. The molecule has 1 aliphatic rings. The van der Waals surface area contributed by atoms with Gasteiger partial charge in [-0.15, -0.1) is 0 Å². The van der Waals surface area contributed by atoms with Crippen molar-refractivity contribution in [1.29, 1.82) is 0 Å². The van der Waals surface area contributed by atoms with E-state index < -0.39 is 4.92 Å². The molecule has 8 heteroatoms. The summed E-state index contributed by atoms with van der Waals surface area (Å²) in [5.74, 6) is 0.0730. The molecule has 94 valence electrons. The highest BCUT2D eigenvalue weighted by Gasteiger charge is 2.29. The second kappa shape index (κ2) is 5.36. The van der Waals surface area contributed by atoms with Crippen LogP contribution in [0.4, 0.5) is 0 Å². The van der Waals surface area contributed by atoms with E-state index in [9.17, 15) is 14.9 Å². The molecule has 1 fully saturated rings. The van der Waals surface area contributed by atoms with Gasteiger partial charge in [0.2, 0.25) is 5.91 Å². The number of hydrogen-bond donors (Lipinski definition) is 0. The van der Waals surface area contributed by atoms with Gasteiger partial charge in [-0.1, -0.05) is 29.4 Å². The summed E-state index contributed by atoms with van der Waals surface area (Å²) in [6.45, 7) is 0.260. The zero-order valence-corrected chi connectivity index (χ0v) is 10.6. The lowest BCUT2D eigenvalue weighted by Crippen LogP contribution is -2.24. The zero-order chi connectivity index (χ0) is 13.1. The lowest BCUT2D eigenvalue weighted by Gasteiger charge is -2.15. The third kappa shape index (κ3) is 2.99. The highest BCUT2D eigenvalue weighted by Crippen LogP contribution is 2.30. The van der Waals surface area contributed by atoms with Crippen LogP contribution in [0.1, 0.15) is 5.56 Å². The van der Waals surface area contributed by atoms with E-state index in [-0.39, 0.29) is 18.2 Å². The van der Waals surface area contributed by atoms with Crippen molar-refractivity contribution < 1.29 is 9.72 Å². The Balaban J connectivity index is 2.17. The molecule has 2 heterocycles. The van der Waals surface area contributed by atoms with Crippen molar-refractivity contribution in [2.24, 2.45) is 0 Å². The summed E-state index contributed by atoms with van der Waals surface area (Å²) in [7, 11) is 0. The van der Waals surface area contributed by atoms with Crippen LogP contribution in [0.5, 0.6) is 0 Å². The molecule has 6 nitrogen and oxygen atoms in total. The number of carbonyl (C=O) groups excluding carboxylic acids is 1. The number of nitro groups is 1. The van der Waals surface area contributed by atoms with Gasteiger partial charge in [0.25, 0.3) is 6.20 Å². The van der Waals surface area contributed by atoms with Gasteiger partial charge in [0, 0.05) is 6.20 Å². The van der Waals surface area contributed by atoms with Crippen molar-refractivity contribution in [3.63, 3.8) is 0 Å². The SMILES string of the molecule is O=C1CSC(=C[N+](=O)[O-])N1Cc1ccc(Cl)nc1. The van der Waals surface area contributed by atoms with Crippen molar-refractivity contribution in [3.05, 3.63) is 50.4 Å². The van der Waals surface area contributed by atoms with Crippen LogP contribution in [0.3, 0.4) is 0 Å². The third-order valence-corrected chi connectivity index (χ3v) is 3.49. The fourth-order valence-corrected chi connectivity index (χ4v) is 2.48. The van der Waals surface area contributed by atoms with E-state index in [1.807, 2.05) is 0 Å². The number of carbonyl (C=O) groups is 1. The van der Waals surface area contributed by atoms with Crippen molar-refractivity contribution >= 4 is 29.3 Å². The number of amides is 1. The van der Waals surface area contributed by atoms with Gasteiger partial charge >= 0.3 is 0 Å². The van der Waals surface area contributed by atoms with E-state index >= 15 is 0 Å². The van der Waals surface area contributed by atoms with Gasteiger partial charge in [0.05, 0.1) is 17.2 Å². The van der Waals surface area contributed by atoms with Crippen molar-refractivity contribution in [3.8, 4) is 0 Å². The molecule has 1 saturated heterocycles. The van der Waals surface area contributed by atoms with Gasteiger partial charge in [-0.25, -0.2) is 4.98 Å². The first-order valence-corrected chi connectivity index (χ1v) is 6.31. The van der Waals surface area contributed by atoms with E-state index in [2.05, 4.69) is 4.98 Å². The Hall–Kier alpha value is -1.60. The molecule has 0 unspecified atom stereocenters. The van der Waals surface area contributed by atoms with E-state index in [0.717, 1.165) is 23.5 Å². The second-order valence-electron chi connectivity index (χ2n) is 3.51. The first-order valence-electron chi connectivity index (χ1n) is 4.95. The summed E-state index contributed by atoms with van der Waals surface area (Å²) >= 11 is 6.82. The smallest absolute Gasteiger partial charge is 0.264 e. The quantitative estimate of drug-likeness (QED) is 0.481. The van der Waals surface area contributed by atoms with Crippen LogP contribution < -0.4 is 0 Å². The summed E-state index contributed by atoms with van der Waals surface area (Å²) < 4.78 is 0. The lowest BCUT2D eigenvalue weighted by molar-refractivity contribution is -0.403. The molecule has 1 aliphatic heterocycles. The van der Waals surface area contributed by atoms with Crippen molar-refractivity contribution in [1.82, 2.24) is 9.88 Å². The van der Waals surface area contributed by atoms with E-state index in [4.69, 9.17) is 11.6 Å². The fourth-order valence-electron chi connectivity index (χ4n) is 1.46. The summed E-state index contributed by atoms with van der Waals surface area (Å²) in [4.78, 5) is 26.8. The van der Waals surface area contributed by atoms with Crippen LogP contribution >= 0.6 is 23.4 Å². The number of hydrogen-bond acceptors (Lipinski definition) is 5. The van der Waals surface area contributed by atoms with Gasteiger partial charge in [0.15, 0.2) is 0 Å². The van der Waals surface area contributed by atoms with E-state index in [0.29, 0.717) is 10.2 Å². The molecule has 2 rings (SSSR count). The summed E-state index contributed by atoms with van der Waals surface area (Å²) in [5, 5.41) is 11.2. The number of thioether (sulfide) groups is 1. The Morgan fingerprint density at radius 1 is 1.61 bits per heavy atom. The molecule has 0 spiro atoms. The Morgan fingerprint density at radius 2 is 2.39 bits per heavy atom. The monoisotopic (exact) mass is 285 g/mol. The normalized spacial score (nSPS) is 17.5. The minimum Gasteiger partial charge on any atom is -0.296 e. The molecule has 18 heavy (non-hydrogen) atoms. The fraction of sp³-hybridized carbons (Fsp3) is 0.200. The molecule has 1 aromatic rings. The maximum absolute atomic E-state index is 11.6. The molecule has 0 aromatic carbocycles. The van der Waals surface area contributed by atoms with Gasteiger partial charge in [0.1, 0.15) is 10.2 Å². The summed E-state index contributed by atoms with van der Waals surface area (Å²) in [6.07, 6.45) is 2.39. The number of rotatable bonds is 3. The van der Waals surface area contributed by atoms with Gasteiger partial charge < -0.3 is 0 Å². The van der Waals surface area contributed by atoms with Gasteiger partial charge in [-0.3, -0.25) is 19.8 Å². The predicted molar refractivity (Wildman–Crippen MR) is 67.3 cm³/mol.